The molecule has 1 aromatic rings. The number of carbonyl (C=O) groups is 2. The first kappa shape index (κ1) is 17.4. The van der Waals surface area contributed by atoms with E-state index in [0.29, 0.717) is 31.1 Å². The molecule has 1 atom stereocenters. The number of unbranched alkanes of at least 4 members (excludes halogenated alkanes) is 1. The van der Waals surface area contributed by atoms with Crippen LogP contribution in [0.4, 0.5) is 9.93 Å². The number of hydrogen-bond donors (Lipinski definition) is 3. The number of amides is 2. The maximum atomic E-state index is 12.1. The van der Waals surface area contributed by atoms with Gasteiger partial charge in [-0.25, -0.2) is 9.78 Å². The molecule has 0 aliphatic carbocycles. The molecule has 21 heavy (non-hydrogen) atoms. The summed E-state index contributed by atoms with van der Waals surface area (Å²) in [7, 11) is 0. The largest absolute Gasteiger partial charge is 0.450 e. The van der Waals surface area contributed by atoms with Crippen LogP contribution in [0.3, 0.4) is 0 Å². The second-order valence-corrected chi connectivity index (χ2v) is 5.34. The Hall–Kier alpha value is -1.67. The minimum absolute atomic E-state index is 0.314. The van der Waals surface area contributed by atoms with E-state index in [2.05, 4.69) is 15.6 Å². The summed E-state index contributed by atoms with van der Waals surface area (Å²) in [6.45, 7) is 2.81. The summed E-state index contributed by atoms with van der Waals surface area (Å²) < 4.78 is 5.00. The number of ether oxygens (including phenoxy) is 1. The number of nitrogens with zero attached hydrogens (tertiary/aromatic N) is 1. The van der Waals surface area contributed by atoms with E-state index in [0.717, 1.165) is 12.8 Å². The maximum Gasteiger partial charge on any atom is 0.407 e. The first-order chi connectivity index (χ1) is 10.2. The third-order valence-corrected chi connectivity index (χ3v) is 3.39. The smallest absolute Gasteiger partial charge is 0.407 e. The summed E-state index contributed by atoms with van der Waals surface area (Å²) in [6, 6.07) is -0.674. The summed E-state index contributed by atoms with van der Waals surface area (Å²) in [5.74, 6) is -0.314. The SMILES string of the molecule is CCCCOC(=O)NC(CCCN)C(=O)Nc1nccs1. The Balaban J connectivity index is 2.49. The van der Waals surface area contributed by atoms with Gasteiger partial charge in [0.05, 0.1) is 6.61 Å². The lowest BCUT2D eigenvalue weighted by atomic mass is 10.1. The number of alkyl carbamates (subject to hydrolysis) is 1. The zero-order chi connectivity index (χ0) is 15.5. The van der Waals surface area contributed by atoms with Crippen LogP contribution in [-0.2, 0) is 9.53 Å². The first-order valence-electron chi connectivity index (χ1n) is 7.01. The third kappa shape index (κ3) is 7.05. The number of carbonyl (C=O) groups excluding carboxylic acids is 2. The highest BCUT2D eigenvalue weighted by Crippen LogP contribution is 2.11. The van der Waals surface area contributed by atoms with Gasteiger partial charge in [-0.3, -0.25) is 4.79 Å². The standard InChI is InChI=1S/C13H22N4O3S/c1-2-3-8-20-13(19)16-10(5-4-6-14)11(18)17-12-15-7-9-21-12/h7,9-10H,2-6,8,14H2,1H3,(H,16,19)(H,15,17,18). The molecule has 0 spiro atoms. The van der Waals surface area contributed by atoms with E-state index in [1.54, 1.807) is 11.6 Å². The van der Waals surface area contributed by atoms with E-state index in [1.807, 2.05) is 6.92 Å². The summed E-state index contributed by atoms with van der Waals surface area (Å²) in [6.07, 6.45) is 3.84. The average Bonchev–Trinajstić information content (AvgIpc) is 2.96. The lowest BCUT2D eigenvalue weighted by Gasteiger charge is -2.17. The fourth-order valence-electron chi connectivity index (χ4n) is 1.56. The molecule has 1 heterocycles. The van der Waals surface area contributed by atoms with Crippen LogP contribution < -0.4 is 16.4 Å². The molecule has 118 valence electrons. The minimum Gasteiger partial charge on any atom is -0.450 e. The highest BCUT2D eigenvalue weighted by atomic mass is 32.1. The zero-order valence-electron chi connectivity index (χ0n) is 12.1. The van der Waals surface area contributed by atoms with E-state index in [4.69, 9.17) is 10.5 Å². The van der Waals surface area contributed by atoms with E-state index in [-0.39, 0.29) is 5.91 Å². The molecule has 2 amide bonds. The Morgan fingerprint density at radius 1 is 1.48 bits per heavy atom. The fourth-order valence-corrected chi connectivity index (χ4v) is 2.09. The number of nitrogens with two attached hydrogens (primary N) is 1. The third-order valence-electron chi connectivity index (χ3n) is 2.70. The van der Waals surface area contributed by atoms with Gasteiger partial charge in [0.2, 0.25) is 5.91 Å². The number of aromatic nitrogens is 1. The molecule has 7 nitrogen and oxygen atoms in total. The second-order valence-electron chi connectivity index (χ2n) is 4.44. The van der Waals surface area contributed by atoms with Crippen LogP contribution in [-0.4, -0.2) is 36.2 Å². The molecule has 0 aromatic carbocycles. The molecule has 1 aromatic heterocycles. The molecule has 0 aliphatic heterocycles. The van der Waals surface area contributed by atoms with Gasteiger partial charge in [-0.05, 0) is 25.8 Å². The van der Waals surface area contributed by atoms with Crippen molar-refractivity contribution < 1.29 is 14.3 Å². The van der Waals surface area contributed by atoms with Crippen molar-refractivity contribution in [3.63, 3.8) is 0 Å². The van der Waals surface area contributed by atoms with E-state index >= 15 is 0 Å². The molecule has 0 fully saturated rings. The summed E-state index contributed by atoms with van der Waals surface area (Å²) >= 11 is 1.32. The molecule has 4 N–H and O–H groups in total. The van der Waals surface area contributed by atoms with E-state index in [1.165, 1.54) is 11.3 Å². The Kier molecular flexibility index (Phi) is 8.37. The molecular weight excluding hydrogens is 292 g/mol. The maximum absolute atomic E-state index is 12.1. The lowest BCUT2D eigenvalue weighted by Crippen LogP contribution is -2.44. The fraction of sp³-hybridized carbons (Fsp3) is 0.615. The highest BCUT2D eigenvalue weighted by molar-refractivity contribution is 7.13. The van der Waals surface area contributed by atoms with Crippen molar-refractivity contribution in [2.45, 2.75) is 38.6 Å². The van der Waals surface area contributed by atoms with Crippen LogP contribution in [0.1, 0.15) is 32.6 Å². The highest BCUT2D eigenvalue weighted by Gasteiger charge is 2.21. The topological polar surface area (TPSA) is 106 Å². The molecule has 0 saturated heterocycles. The number of nitrogens with one attached hydrogen (secondary N) is 2. The van der Waals surface area contributed by atoms with Gasteiger partial charge < -0.3 is 21.1 Å². The number of thiazole rings is 1. The van der Waals surface area contributed by atoms with Gasteiger partial charge in [0.1, 0.15) is 6.04 Å². The molecular formula is C13H22N4O3S. The van der Waals surface area contributed by atoms with Crippen LogP contribution in [0.15, 0.2) is 11.6 Å². The number of hydrogen-bond acceptors (Lipinski definition) is 6. The van der Waals surface area contributed by atoms with Crippen LogP contribution in [0.2, 0.25) is 0 Å². The zero-order valence-corrected chi connectivity index (χ0v) is 12.9. The molecule has 0 aliphatic rings. The average molecular weight is 314 g/mol. The molecule has 0 radical (unpaired) electrons. The van der Waals surface area contributed by atoms with E-state index < -0.39 is 12.1 Å². The summed E-state index contributed by atoms with van der Waals surface area (Å²) in [5, 5.41) is 7.49. The first-order valence-corrected chi connectivity index (χ1v) is 7.89. The van der Waals surface area contributed by atoms with Gasteiger partial charge in [-0.15, -0.1) is 11.3 Å². The second kappa shape index (κ2) is 10.1. The molecule has 1 rings (SSSR count). The van der Waals surface area contributed by atoms with Crippen molar-refractivity contribution in [1.82, 2.24) is 10.3 Å². The van der Waals surface area contributed by atoms with Crippen LogP contribution >= 0.6 is 11.3 Å². The van der Waals surface area contributed by atoms with Crippen molar-refractivity contribution in [1.29, 1.82) is 0 Å². The predicted octanol–water partition coefficient (Wildman–Crippen LogP) is 1.72. The van der Waals surface area contributed by atoms with Crippen LogP contribution in [0.5, 0.6) is 0 Å². The Labute approximate surface area is 128 Å². The molecule has 0 saturated carbocycles. The number of rotatable bonds is 9. The lowest BCUT2D eigenvalue weighted by molar-refractivity contribution is -0.118. The summed E-state index contributed by atoms with van der Waals surface area (Å²) in [4.78, 5) is 27.7. The quantitative estimate of drug-likeness (QED) is 0.602. The predicted molar refractivity (Wildman–Crippen MR) is 82.2 cm³/mol. The van der Waals surface area contributed by atoms with Gasteiger partial charge >= 0.3 is 6.09 Å². The van der Waals surface area contributed by atoms with Crippen LogP contribution in [0.25, 0.3) is 0 Å². The van der Waals surface area contributed by atoms with Gasteiger partial charge in [-0.1, -0.05) is 13.3 Å². The van der Waals surface area contributed by atoms with Crippen LogP contribution in [0, 0.1) is 0 Å². The minimum atomic E-state index is -0.674. The molecule has 1 unspecified atom stereocenters. The van der Waals surface area contributed by atoms with Gasteiger partial charge in [0.15, 0.2) is 5.13 Å². The van der Waals surface area contributed by atoms with Gasteiger partial charge in [-0.2, -0.15) is 0 Å². The van der Waals surface area contributed by atoms with E-state index in [9.17, 15) is 9.59 Å². The summed E-state index contributed by atoms with van der Waals surface area (Å²) in [5.41, 5.74) is 5.46. The monoisotopic (exact) mass is 314 g/mol. The van der Waals surface area contributed by atoms with Crippen molar-refractivity contribution in [3.05, 3.63) is 11.6 Å². The molecule has 8 heteroatoms. The Bertz CT molecular complexity index is 425. The normalized spacial score (nSPS) is 11.7. The Morgan fingerprint density at radius 2 is 2.29 bits per heavy atom. The van der Waals surface area contributed by atoms with Gasteiger partial charge in [0, 0.05) is 11.6 Å². The van der Waals surface area contributed by atoms with Crippen molar-refractivity contribution in [2.75, 3.05) is 18.5 Å². The number of anilines is 1. The van der Waals surface area contributed by atoms with Gasteiger partial charge in [0.25, 0.3) is 0 Å². The van der Waals surface area contributed by atoms with Crippen molar-refractivity contribution in [2.24, 2.45) is 5.73 Å². The Morgan fingerprint density at radius 3 is 2.90 bits per heavy atom. The van der Waals surface area contributed by atoms with Crippen molar-refractivity contribution in [3.8, 4) is 0 Å². The molecule has 0 bridgehead atoms. The van der Waals surface area contributed by atoms with Crippen molar-refractivity contribution >= 4 is 28.5 Å².